The Morgan fingerprint density at radius 2 is 1.85 bits per heavy atom. The number of Topliss-reactive ketones (excluding diaryl/α,β-unsaturated/α-hetero) is 1. The molecule has 26 heavy (non-hydrogen) atoms. The lowest BCUT2D eigenvalue weighted by molar-refractivity contribution is -0.149. The predicted octanol–water partition coefficient (Wildman–Crippen LogP) is 3.41. The van der Waals surface area contributed by atoms with E-state index < -0.39 is 18.5 Å². The van der Waals surface area contributed by atoms with Gasteiger partial charge in [0.05, 0.1) is 5.02 Å². The molecule has 0 aromatic heterocycles. The molecule has 2 aromatic carbocycles. The zero-order valence-electron chi connectivity index (χ0n) is 14.4. The average molecular weight is 376 g/mol. The first kappa shape index (κ1) is 19.5. The highest BCUT2D eigenvalue weighted by Crippen LogP contribution is 2.25. The molecule has 0 aliphatic heterocycles. The molecule has 7 heteroatoms. The molecule has 136 valence electrons. The maximum atomic E-state index is 11.8. The number of halogens is 1. The summed E-state index contributed by atoms with van der Waals surface area (Å²) in [6.07, 6.45) is 0. The van der Waals surface area contributed by atoms with E-state index in [1.165, 1.54) is 6.92 Å². The number of nitrogens with one attached hydrogen (secondary N) is 1. The minimum atomic E-state index is -0.699. The Morgan fingerprint density at radius 3 is 2.58 bits per heavy atom. The number of hydrogen-bond donors (Lipinski definition) is 1. The van der Waals surface area contributed by atoms with Crippen LogP contribution in [0.4, 0.5) is 5.69 Å². The molecule has 0 atom stereocenters. The minimum Gasteiger partial charge on any atom is -0.480 e. The van der Waals surface area contributed by atoms with E-state index in [1.54, 1.807) is 36.4 Å². The third kappa shape index (κ3) is 5.89. The number of ether oxygens (including phenoxy) is 2. The summed E-state index contributed by atoms with van der Waals surface area (Å²) in [6, 6.07) is 11.7. The van der Waals surface area contributed by atoms with Crippen molar-refractivity contribution in [3.05, 3.63) is 58.6 Å². The van der Waals surface area contributed by atoms with Crippen molar-refractivity contribution in [2.75, 3.05) is 18.5 Å². The van der Waals surface area contributed by atoms with Crippen molar-refractivity contribution >= 4 is 34.9 Å². The number of benzene rings is 2. The molecule has 2 rings (SSSR count). The van der Waals surface area contributed by atoms with Crippen LogP contribution in [0.5, 0.6) is 5.75 Å². The molecule has 0 fully saturated rings. The number of carbonyl (C=O) groups excluding carboxylic acids is 3. The summed E-state index contributed by atoms with van der Waals surface area (Å²) in [7, 11) is 0. The Hall–Kier alpha value is -2.86. The molecule has 0 spiro atoms. The van der Waals surface area contributed by atoms with E-state index in [2.05, 4.69) is 5.32 Å². The zero-order valence-corrected chi connectivity index (χ0v) is 15.1. The lowest BCUT2D eigenvalue weighted by atomic mass is 10.1. The van der Waals surface area contributed by atoms with Gasteiger partial charge >= 0.3 is 5.97 Å². The van der Waals surface area contributed by atoms with E-state index >= 15 is 0 Å². The molecule has 6 nitrogen and oxygen atoms in total. The zero-order chi connectivity index (χ0) is 19.1. The lowest BCUT2D eigenvalue weighted by Gasteiger charge is -2.09. The highest BCUT2D eigenvalue weighted by Gasteiger charge is 2.11. The lowest BCUT2D eigenvalue weighted by Crippen LogP contribution is -2.23. The fourth-order valence-corrected chi connectivity index (χ4v) is 2.23. The SMILES string of the molecule is CC(=O)c1cccc(NC(=O)COC(=O)COc2cc(C)ccc2Cl)c1. The first-order chi connectivity index (χ1) is 12.3. The van der Waals surface area contributed by atoms with Gasteiger partial charge in [-0.3, -0.25) is 9.59 Å². The van der Waals surface area contributed by atoms with Gasteiger partial charge in [-0.1, -0.05) is 29.8 Å². The van der Waals surface area contributed by atoms with Crippen LogP contribution in [0.25, 0.3) is 0 Å². The second-order valence-electron chi connectivity index (χ2n) is 5.57. The van der Waals surface area contributed by atoms with E-state index in [4.69, 9.17) is 21.1 Å². The van der Waals surface area contributed by atoms with Crippen molar-refractivity contribution in [2.24, 2.45) is 0 Å². The molecule has 1 amide bonds. The summed E-state index contributed by atoms with van der Waals surface area (Å²) in [5.41, 5.74) is 1.86. The third-order valence-corrected chi connectivity index (χ3v) is 3.66. The number of hydrogen-bond acceptors (Lipinski definition) is 5. The van der Waals surface area contributed by atoms with Crippen molar-refractivity contribution in [1.82, 2.24) is 0 Å². The summed E-state index contributed by atoms with van der Waals surface area (Å²) in [5.74, 6) is -0.962. The Morgan fingerprint density at radius 1 is 1.08 bits per heavy atom. The Kier molecular flexibility index (Phi) is 6.74. The van der Waals surface area contributed by atoms with Crippen molar-refractivity contribution in [3.63, 3.8) is 0 Å². The van der Waals surface area contributed by atoms with Gasteiger partial charge in [-0.05, 0) is 43.7 Å². The normalized spacial score (nSPS) is 10.1. The molecule has 0 heterocycles. The van der Waals surface area contributed by atoms with E-state index in [-0.39, 0.29) is 12.4 Å². The number of rotatable bonds is 7. The van der Waals surface area contributed by atoms with Gasteiger partial charge in [-0.2, -0.15) is 0 Å². The van der Waals surface area contributed by atoms with Gasteiger partial charge < -0.3 is 14.8 Å². The van der Waals surface area contributed by atoms with Crippen LogP contribution in [0.1, 0.15) is 22.8 Å². The molecule has 0 saturated carbocycles. The van der Waals surface area contributed by atoms with Gasteiger partial charge in [-0.15, -0.1) is 0 Å². The van der Waals surface area contributed by atoms with E-state index in [9.17, 15) is 14.4 Å². The van der Waals surface area contributed by atoms with Crippen molar-refractivity contribution in [2.45, 2.75) is 13.8 Å². The Balaban J connectivity index is 1.80. The predicted molar refractivity (Wildman–Crippen MR) is 97.7 cm³/mol. The molecule has 1 N–H and O–H groups in total. The Bertz CT molecular complexity index is 834. The van der Waals surface area contributed by atoms with Crippen LogP contribution in [-0.4, -0.2) is 30.9 Å². The minimum absolute atomic E-state index is 0.112. The van der Waals surface area contributed by atoms with Crippen LogP contribution >= 0.6 is 11.6 Å². The first-order valence-electron chi connectivity index (χ1n) is 7.80. The molecule has 0 saturated heterocycles. The van der Waals surface area contributed by atoms with Crippen molar-refractivity contribution in [3.8, 4) is 5.75 Å². The van der Waals surface area contributed by atoms with Crippen LogP contribution in [0.3, 0.4) is 0 Å². The quantitative estimate of drug-likeness (QED) is 0.592. The highest BCUT2D eigenvalue weighted by atomic mass is 35.5. The van der Waals surface area contributed by atoms with Crippen LogP contribution in [0.15, 0.2) is 42.5 Å². The Labute approximate surface area is 156 Å². The van der Waals surface area contributed by atoms with Gasteiger partial charge in [0.25, 0.3) is 5.91 Å². The fourth-order valence-electron chi connectivity index (χ4n) is 2.06. The molecule has 0 aliphatic rings. The average Bonchev–Trinajstić information content (AvgIpc) is 2.61. The number of ketones is 1. The monoisotopic (exact) mass is 375 g/mol. The second-order valence-corrected chi connectivity index (χ2v) is 5.98. The molecule has 2 aromatic rings. The molecule has 0 bridgehead atoms. The van der Waals surface area contributed by atoms with Gasteiger partial charge in [0.15, 0.2) is 19.0 Å². The van der Waals surface area contributed by atoms with E-state index in [0.29, 0.717) is 22.0 Å². The molecule has 0 aliphatic carbocycles. The summed E-state index contributed by atoms with van der Waals surface area (Å²) in [6.45, 7) is 2.47. The molecular formula is C19H18ClNO5. The summed E-state index contributed by atoms with van der Waals surface area (Å²) < 4.78 is 10.2. The molecule has 0 radical (unpaired) electrons. The summed E-state index contributed by atoms with van der Waals surface area (Å²) in [4.78, 5) is 34.9. The number of esters is 1. The topological polar surface area (TPSA) is 81.7 Å². The number of anilines is 1. The van der Waals surface area contributed by atoms with Crippen LogP contribution in [-0.2, 0) is 14.3 Å². The highest BCUT2D eigenvalue weighted by molar-refractivity contribution is 6.32. The number of carbonyl (C=O) groups is 3. The van der Waals surface area contributed by atoms with E-state index in [1.807, 2.05) is 13.0 Å². The summed E-state index contributed by atoms with van der Waals surface area (Å²) in [5, 5.41) is 2.93. The van der Waals surface area contributed by atoms with Gasteiger partial charge in [-0.25, -0.2) is 4.79 Å². The summed E-state index contributed by atoms with van der Waals surface area (Å²) >= 11 is 5.97. The van der Waals surface area contributed by atoms with Crippen molar-refractivity contribution in [1.29, 1.82) is 0 Å². The fraction of sp³-hybridized carbons (Fsp3) is 0.211. The second kappa shape index (κ2) is 9.01. The smallest absolute Gasteiger partial charge is 0.344 e. The van der Waals surface area contributed by atoms with Crippen LogP contribution < -0.4 is 10.1 Å². The van der Waals surface area contributed by atoms with Crippen molar-refractivity contribution < 1.29 is 23.9 Å². The number of aryl methyl sites for hydroxylation is 1. The first-order valence-corrected chi connectivity index (χ1v) is 8.18. The molecule has 0 unspecified atom stereocenters. The van der Waals surface area contributed by atoms with Gasteiger partial charge in [0.2, 0.25) is 0 Å². The van der Waals surface area contributed by atoms with E-state index in [0.717, 1.165) is 5.56 Å². The van der Waals surface area contributed by atoms with Gasteiger partial charge in [0.1, 0.15) is 5.75 Å². The maximum absolute atomic E-state index is 11.8. The standard InChI is InChI=1S/C19H18ClNO5/c1-12-6-7-16(20)17(8-12)25-11-19(24)26-10-18(23)21-15-5-3-4-14(9-15)13(2)22/h3-9H,10-11H2,1-2H3,(H,21,23). The van der Waals surface area contributed by atoms with Gasteiger partial charge in [0, 0.05) is 11.3 Å². The number of amides is 1. The largest absolute Gasteiger partial charge is 0.480 e. The van der Waals surface area contributed by atoms with Crippen LogP contribution in [0.2, 0.25) is 5.02 Å². The maximum Gasteiger partial charge on any atom is 0.344 e. The molecular weight excluding hydrogens is 358 g/mol. The third-order valence-electron chi connectivity index (χ3n) is 3.35. The van der Waals surface area contributed by atoms with Crippen LogP contribution in [0, 0.1) is 6.92 Å².